The van der Waals surface area contributed by atoms with Crippen LogP contribution in [0.1, 0.15) is 70.4 Å². The van der Waals surface area contributed by atoms with E-state index in [9.17, 15) is 9.90 Å². The SMILES string of the molecule is C/C=C\Cc1c(OCCCCCN=C(N)N)cc2oc3cc(OCCCCCN=C(N)N)c(OC)c(CC=C(C)C)c3c(=O)c2c1O. The molecule has 0 spiro atoms. The Bertz CT molecular complexity index is 1680. The van der Waals surface area contributed by atoms with Crippen molar-refractivity contribution in [3.63, 3.8) is 0 Å². The number of hydrogen-bond acceptors (Lipinski definition) is 8. The molecule has 0 bridgehead atoms. The van der Waals surface area contributed by atoms with Gasteiger partial charge in [-0.3, -0.25) is 14.8 Å². The summed E-state index contributed by atoms with van der Waals surface area (Å²) in [5.41, 5.74) is 24.0. The van der Waals surface area contributed by atoms with Crippen molar-refractivity contribution in [2.75, 3.05) is 33.4 Å². The molecule has 3 aromatic rings. The smallest absolute Gasteiger partial charge is 0.204 e. The average molecular weight is 651 g/mol. The molecule has 0 aliphatic heterocycles. The third-order valence-corrected chi connectivity index (χ3v) is 7.50. The van der Waals surface area contributed by atoms with Gasteiger partial charge in [0.15, 0.2) is 23.4 Å². The Balaban J connectivity index is 2.06. The van der Waals surface area contributed by atoms with Gasteiger partial charge in [-0.2, -0.15) is 0 Å². The molecule has 2 aromatic carbocycles. The van der Waals surface area contributed by atoms with E-state index < -0.39 is 0 Å². The molecule has 1 heterocycles. The number of fused-ring (bicyclic) bond motifs is 2. The fraction of sp³-hybridized carbons (Fsp3) is 0.457. The van der Waals surface area contributed by atoms with E-state index in [0.717, 1.165) is 44.1 Å². The molecule has 0 unspecified atom stereocenters. The molecule has 3 rings (SSSR count). The number of aromatic hydroxyl groups is 1. The molecule has 0 fully saturated rings. The molecule has 9 N–H and O–H groups in total. The van der Waals surface area contributed by atoms with E-state index in [-0.39, 0.29) is 34.1 Å². The highest BCUT2D eigenvalue weighted by atomic mass is 16.5. The number of nitrogens with zero attached hydrogens (tertiary/aromatic N) is 2. The Kier molecular flexibility index (Phi) is 14.3. The summed E-state index contributed by atoms with van der Waals surface area (Å²) in [5, 5.41) is 12.0. The molecular formula is C35H50N6O6. The van der Waals surface area contributed by atoms with Gasteiger partial charge in [0, 0.05) is 36.3 Å². The molecule has 1 aromatic heterocycles. The van der Waals surface area contributed by atoms with Gasteiger partial charge in [0.2, 0.25) is 5.43 Å². The van der Waals surface area contributed by atoms with Gasteiger partial charge in [0.05, 0.1) is 25.7 Å². The van der Waals surface area contributed by atoms with Gasteiger partial charge in [-0.1, -0.05) is 23.8 Å². The summed E-state index contributed by atoms with van der Waals surface area (Å²) in [6.07, 6.45) is 11.5. The number of phenols is 1. The van der Waals surface area contributed by atoms with Crippen LogP contribution < -0.4 is 42.6 Å². The van der Waals surface area contributed by atoms with Crippen LogP contribution in [0.3, 0.4) is 0 Å². The first-order chi connectivity index (χ1) is 22.6. The maximum Gasteiger partial charge on any atom is 0.204 e. The molecule has 12 heteroatoms. The average Bonchev–Trinajstić information content (AvgIpc) is 3.01. The van der Waals surface area contributed by atoms with Gasteiger partial charge in [-0.05, 0) is 72.1 Å². The Morgan fingerprint density at radius 2 is 1.40 bits per heavy atom. The number of ether oxygens (including phenoxy) is 3. The number of allylic oxidation sites excluding steroid dienone is 4. The van der Waals surface area contributed by atoms with Crippen LogP contribution in [0.4, 0.5) is 0 Å². The maximum absolute atomic E-state index is 14.3. The number of hydrogen-bond donors (Lipinski definition) is 5. The molecule has 0 radical (unpaired) electrons. The zero-order chi connectivity index (χ0) is 34.3. The Labute approximate surface area is 276 Å². The number of nitrogens with two attached hydrogens (primary N) is 4. The summed E-state index contributed by atoms with van der Waals surface area (Å²) >= 11 is 0. The second kappa shape index (κ2) is 18.3. The van der Waals surface area contributed by atoms with E-state index in [2.05, 4.69) is 9.98 Å². The molecule has 256 valence electrons. The monoisotopic (exact) mass is 650 g/mol. The second-order valence-corrected chi connectivity index (χ2v) is 11.5. The van der Waals surface area contributed by atoms with Gasteiger partial charge in [0.25, 0.3) is 0 Å². The molecule has 0 saturated heterocycles. The topological polar surface area (TPSA) is 207 Å². The van der Waals surface area contributed by atoms with E-state index in [0.29, 0.717) is 78.5 Å². The lowest BCUT2D eigenvalue weighted by atomic mass is 9.98. The Hall–Kier alpha value is -4.87. The minimum atomic E-state index is -0.353. The first-order valence-corrected chi connectivity index (χ1v) is 16.0. The largest absolute Gasteiger partial charge is 0.507 e. The first-order valence-electron chi connectivity index (χ1n) is 16.0. The summed E-state index contributed by atoms with van der Waals surface area (Å²) in [6, 6.07) is 3.37. The van der Waals surface area contributed by atoms with Gasteiger partial charge >= 0.3 is 0 Å². The fourth-order valence-corrected chi connectivity index (χ4v) is 5.16. The number of unbranched alkanes of at least 4 members (excludes halogenated alkanes) is 4. The highest BCUT2D eigenvalue weighted by Crippen LogP contribution is 2.41. The molecule has 0 saturated carbocycles. The van der Waals surface area contributed by atoms with Crippen LogP contribution in [-0.2, 0) is 12.8 Å². The minimum absolute atomic E-state index is 0.0766. The zero-order valence-electron chi connectivity index (χ0n) is 28.1. The number of guanidine groups is 2. The number of methoxy groups -OCH3 is 1. The van der Waals surface area contributed by atoms with Gasteiger partial charge in [0.1, 0.15) is 28.1 Å². The van der Waals surface area contributed by atoms with Gasteiger partial charge < -0.3 is 46.7 Å². The number of aliphatic imine (C=N–C) groups is 2. The fourth-order valence-electron chi connectivity index (χ4n) is 5.16. The summed E-state index contributed by atoms with van der Waals surface area (Å²) in [4.78, 5) is 22.3. The van der Waals surface area contributed by atoms with Crippen LogP contribution in [-0.4, -0.2) is 50.4 Å². The van der Waals surface area contributed by atoms with Crippen molar-refractivity contribution in [1.82, 2.24) is 0 Å². The molecule has 0 aliphatic rings. The first kappa shape index (κ1) is 36.6. The van der Waals surface area contributed by atoms with Crippen molar-refractivity contribution in [2.45, 2.75) is 72.1 Å². The van der Waals surface area contributed by atoms with Crippen molar-refractivity contribution in [2.24, 2.45) is 32.9 Å². The van der Waals surface area contributed by atoms with E-state index in [1.54, 1.807) is 19.2 Å². The lowest BCUT2D eigenvalue weighted by Gasteiger charge is -2.18. The Morgan fingerprint density at radius 3 is 1.96 bits per heavy atom. The maximum atomic E-state index is 14.3. The van der Waals surface area contributed by atoms with Crippen molar-refractivity contribution in [3.8, 4) is 23.0 Å². The van der Waals surface area contributed by atoms with Crippen LogP contribution in [0, 0.1) is 0 Å². The quantitative estimate of drug-likeness (QED) is 0.0388. The summed E-state index contributed by atoms with van der Waals surface area (Å²) in [7, 11) is 1.55. The predicted molar refractivity (Wildman–Crippen MR) is 190 cm³/mol. The van der Waals surface area contributed by atoms with E-state index >= 15 is 0 Å². The molecule has 12 nitrogen and oxygen atoms in total. The van der Waals surface area contributed by atoms with Crippen molar-refractivity contribution in [1.29, 1.82) is 0 Å². The number of phenolic OH excluding ortho intramolecular Hbond substituents is 1. The standard InChI is InChI=1S/C35H50N6O6/c1-5-6-13-23-25(45-18-11-7-9-16-40-34(36)37)20-27-30(31(23)42)32(43)29-24(15-14-22(2)3)33(44-4)28(21-26(29)47-27)46-19-12-8-10-17-41-35(38)39/h5-6,14,20-21,42H,7-13,15-19H2,1-4H3,(H4,36,37,40)(H4,38,39,41)/b6-5-. The number of rotatable bonds is 19. The van der Waals surface area contributed by atoms with Crippen LogP contribution in [0.25, 0.3) is 21.9 Å². The molecule has 0 aliphatic carbocycles. The van der Waals surface area contributed by atoms with E-state index in [1.807, 2.05) is 39.0 Å². The molecule has 0 amide bonds. The second-order valence-electron chi connectivity index (χ2n) is 11.5. The van der Waals surface area contributed by atoms with E-state index in [1.165, 1.54) is 0 Å². The molecule has 0 atom stereocenters. The lowest BCUT2D eigenvalue weighted by Crippen LogP contribution is -2.22. The highest BCUT2D eigenvalue weighted by Gasteiger charge is 2.24. The van der Waals surface area contributed by atoms with Crippen LogP contribution in [0.15, 0.2) is 55.1 Å². The zero-order valence-corrected chi connectivity index (χ0v) is 28.1. The lowest BCUT2D eigenvalue weighted by molar-refractivity contribution is 0.285. The summed E-state index contributed by atoms with van der Waals surface area (Å²) < 4.78 is 24.5. The van der Waals surface area contributed by atoms with Gasteiger partial charge in [-0.15, -0.1) is 0 Å². The normalized spacial score (nSPS) is 11.1. The van der Waals surface area contributed by atoms with Crippen molar-refractivity contribution < 1.29 is 23.7 Å². The number of benzene rings is 2. The highest BCUT2D eigenvalue weighted by molar-refractivity contribution is 5.98. The molecule has 47 heavy (non-hydrogen) atoms. The summed E-state index contributed by atoms with van der Waals surface area (Å²) in [5.74, 6) is 1.37. The summed E-state index contributed by atoms with van der Waals surface area (Å²) in [6.45, 7) is 7.80. The van der Waals surface area contributed by atoms with Crippen LogP contribution in [0.2, 0.25) is 0 Å². The van der Waals surface area contributed by atoms with Crippen molar-refractivity contribution in [3.05, 3.63) is 57.3 Å². The Morgan fingerprint density at radius 1 is 0.830 bits per heavy atom. The minimum Gasteiger partial charge on any atom is -0.507 e. The van der Waals surface area contributed by atoms with Crippen LogP contribution >= 0.6 is 0 Å². The third-order valence-electron chi connectivity index (χ3n) is 7.50. The van der Waals surface area contributed by atoms with Crippen molar-refractivity contribution >= 4 is 33.9 Å². The predicted octanol–water partition coefficient (Wildman–Crippen LogP) is 4.93. The molecular weight excluding hydrogens is 600 g/mol. The van der Waals surface area contributed by atoms with E-state index in [4.69, 9.17) is 41.6 Å². The third kappa shape index (κ3) is 10.3. The van der Waals surface area contributed by atoms with Crippen LogP contribution in [0.5, 0.6) is 23.0 Å². The van der Waals surface area contributed by atoms with Gasteiger partial charge in [-0.25, -0.2) is 0 Å².